The lowest BCUT2D eigenvalue weighted by molar-refractivity contribution is -0.131. The topological polar surface area (TPSA) is 75.0 Å². The highest BCUT2D eigenvalue weighted by Crippen LogP contribution is 2.23. The Labute approximate surface area is 169 Å². The van der Waals surface area contributed by atoms with Gasteiger partial charge in [0.1, 0.15) is 5.69 Å². The molecule has 1 unspecified atom stereocenters. The molecule has 1 amide bonds. The van der Waals surface area contributed by atoms with Crippen molar-refractivity contribution in [1.29, 1.82) is 0 Å². The summed E-state index contributed by atoms with van der Waals surface area (Å²) in [6, 6.07) is 19.9. The number of H-pyrrole nitrogens is 1. The predicted octanol–water partition coefficient (Wildman–Crippen LogP) is 4.41. The Morgan fingerprint density at radius 1 is 1.14 bits per heavy atom. The van der Waals surface area contributed by atoms with Gasteiger partial charge in [-0.3, -0.25) is 4.79 Å². The second kappa shape index (κ2) is 8.31. The van der Waals surface area contributed by atoms with E-state index in [0.717, 1.165) is 28.6 Å². The molecule has 2 heterocycles. The molecular formula is C23H24N4O2. The number of amides is 1. The molecule has 6 heteroatoms. The zero-order valence-electron chi connectivity index (χ0n) is 16.6. The van der Waals surface area contributed by atoms with Gasteiger partial charge in [-0.25, -0.2) is 0 Å². The van der Waals surface area contributed by atoms with Crippen molar-refractivity contribution in [3.63, 3.8) is 0 Å². The molecule has 29 heavy (non-hydrogen) atoms. The number of hydrogen-bond acceptors (Lipinski definition) is 4. The Bertz CT molecular complexity index is 1070. The molecule has 4 rings (SSSR count). The number of fused-ring (bicyclic) bond motifs is 1. The van der Waals surface area contributed by atoms with E-state index < -0.39 is 0 Å². The van der Waals surface area contributed by atoms with E-state index in [1.54, 1.807) is 4.90 Å². The zero-order valence-corrected chi connectivity index (χ0v) is 16.6. The Kier molecular flexibility index (Phi) is 5.42. The molecule has 6 nitrogen and oxygen atoms in total. The van der Waals surface area contributed by atoms with Crippen molar-refractivity contribution < 1.29 is 9.32 Å². The summed E-state index contributed by atoms with van der Waals surface area (Å²) in [4.78, 5) is 22.4. The molecule has 148 valence electrons. The minimum absolute atomic E-state index is 0.109. The zero-order chi connectivity index (χ0) is 20.2. The number of likely N-dealkylation sites (N-methyl/N-ethyl adjacent to an activating group) is 1. The number of carbonyl (C=O) groups excluding carboxylic acids is 1. The Hall–Kier alpha value is -3.41. The van der Waals surface area contributed by atoms with Crippen molar-refractivity contribution in [2.75, 3.05) is 13.6 Å². The highest BCUT2D eigenvalue weighted by atomic mass is 16.5. The average Bonchev–Trinajstić information content (AvgIpc) is 3.40. The maximum Gasteiger partial charge on any atom is 0.274 e. The highest BCUT2D eigenvalue weighted by Gasteiger charge is 2.22. The van der Waals surface area contributed by atoms with Crippen molar-refractivity contribution in [2.45, 2.75) is 25.7 Å². The van der Waals surface area contributed by atoms with Gasteiger partial charge in [-0.05, 0) is 24.1 Å². The van der Waals surface area contributed by atoms with E-state index in [2.05, 4.69) is 15.1 Å². The number of aromatic amines is 1. The lowest BCUT2D eigenvalue weighted by Crippen LogP contribution is -2.33. The fraction of sp³-hybridized carbons (Fsp3) is 0.261. The van der Waals surface area contributed by atoms with Gasteiger partial charge in [0, 0.05) is 30.9 Å². The van der Waals surface area contributed by atoms with Crippen LogP contribution in [0.15, 0.2) is 65.2 Å². The molecule has 1 N–H and O–H groups in total. The van der Waals surface area contributed by atoms with E-state index in [4.69, 9.17) is 4.52 Å². The van der Waals surface area contributed by atoms with Crippen LogP contribution in [0.25, 0.3) is 22.5 Å². The summed E-state index contributed by atoms with van der Waals surface area (Å²) in [5, 5.41) is 5.17. The van der Waals surface area contributed by atoms with Crippen LogP contribution in [0.3, 0.4) is 0 Å². The number of hydrogen-bond donors (Lipinski definition) is 1. The first-order valence-corrected chi connectivity index (χ1v) is 9.86. The molecule has 0 bridgehead atoms. The minimum Gasteiger partial charge on any atom is -0.351 e. The first-order chi connectivity index (χ1) is 14.2. The molecule has 2 aromatic heterocycles. The fourth-order valence-corrected chi connectivity index (χ4v) is 3.54. The van der Waals surface area contributed by atoms with Crippen molar-refractivity contribution in [2.24, 2.45) is 0 Å². The Balaban J connectivity index is 1.40. The van der Waals surface area contributed by atoms with Crippen LogP contribution >= 0.6 is 0 Å². The van der Waals surface area contributed by atoms with Gasteiger partial charge >= 0.3 is 0 Å². The third-order valence-corrected chi connectivity index (χ3v) is 5.18. The van der Waals surface area contributed by atoms with E-state index >= 15 is 0 Å². The number of carbonyl (C=O) groups is 1. The third-order valence-electron chi connectivity index (χ3n) is 5.18. The molecule has 0 fully saturated rings. The second-order valence-corrected chi connectivity index (χ2v) is 7.17. The van der Waals surface area contributed by atoms with Crippen molar-refractivity contribution in [1.82, 2.24) is 20.0 Å². The van der Waals surface area contributed by atoms with Crippen LogP contribution in [0, 0.1) is 0 Å². The SMILES string of the molecule is CCC(C(=O)N(C)CCc1noc(-c2cc3ccccc3[nH]2)n1)c1ccccc1. The molecule has 2 aromatic carbocycles. The quantitative estimate of drug-likeness (QED) is 0.509. The molecule has 0 saturated heterocycles. The molecule has 0 aliphatic heterocycles. The van der Waals surface area contributed by atoms with Gasteiger partial charge in [0.05, 0.1) is 5.92 Å². The fourth-order valence-electron chi connectivity index (χ4n) is 3.54. The summed E-state index contributed by atoms with van der Waals surface area (Å²) < 4.78 is 5.42. The van der Waals surface area contributed by atoms with Crippen LogP contribution in [0.1, 0.15) is 30.7 Å². The number of benzene rings is 2. The van der Waals surface area contributed by atoms with Crippen LogP contribution in [-0.2, 0) is 11.2 Å². The van der Waals surface area contributed by atoms with E-state index in [0.29, 0.717) is 24.7 Å². The summed E-state index contributed by atoms with van der Waals surface area (Å²) in [7, 11) is 1.83. The summed E-state index contributed by atoms with van der Waals surface area (Å²) in [5.41, 5.74) is 2.87. The minimum atomic E-state index is -0.131. The molecule has 0 spiro atoms. The Morgan fingerprint density at radius 2 is 1.90 bits per heavy atom. The van der Waals surface area contributed by atoms with Gasteiger partial charge in [0.2, 0.25) is 5.91 Å². The van der Waals surface area contributed by atoms with E-state index in [1.165, 1.54) is 0 Å². The first kappa shape index (κ1) is 18.9. The molecule has 1 atom stereocenters. The van der Waals surface area contributed by atoms with Crippen LogP contribution in [0.2, 0.25) is 0 Å². The second-order valence-electron chi connectivity index (χ2n) is 7.17. The number of nitrogens with one attached hydrogen (secondary N) is 1. The summed E-state index contributed by atoms with van der Waals surface area (Å²) in [6.45, 7) is 2.57. The standard InChI is InChI=1S/C23H24N4O2/c1-3-18(16-9-5-4-6-10-16)23(28)27(2)14-13-21-25-22(29-26-21)20-15-17-11-7-8-12-19(17)24-20/h4-12,15,18,24H,3,13-14H2,1-2H3. The normalized spacial score (nSPS) is 12.2. The summed E-state index contributed by atoms with van der Waals surface area (Å²) >= 11 is 0. The first-order valence-electron chi connectivity index (χ1n) is 9.86. The average molecular weight is 388 g/mol. The van der Waals surface area contributed by atoms with Gasteiger partial charge in [-0.15, -0.1) is 0 Å². The van der Waals surface area contributed by atoms with E-state index in [1.807, 2.05) is 74.6 Å². The predicted molar refractivity (Wildman–Crippen MR) is 112 cm³/mol. The van der Waals surface area contributed by atoms with Gasteiger partial charge in [0.25, 0.3) is 5.89 Å². The van der Waals surface area contributed by atoms with Crippen LogP contribution in [-0.4, -0.2) is 39.5 Å². The van der Waals surface area contributed by atoms with Crippen LogP contribution < -0.4 is 0 Å². The smallest absolute Gasteiger partial charge is 0.274 e. The molecule has 0 aliphatic carbocycles. The van der Waals surface area contributed by atoms with Gasteiger partial charge in [-0.1, -0.05) is 60.6 Å². The van der Waals surface area contributed by atoms with Crippen molar-refractivity contribution >= 4 is 16.8 Å². The summed E-state index contributed by atoms with van der Waals surface area (Å²) in [5.74, 6) is 1.03. The van der Waals surface area contributed by atoms with Gasteiger partial charge < -0.3 is 14.4 Å². The van der Waals surface area contributed by atoms with Gasteiger partial charge in [-0.2, -0.15) is 4.98 Å². The third kappa shape index (κ3) is 4.06. The molecule has 0 aliphatic rings. The van der Waals surface area contributed by atoms with Crippen molar-refractivity contribution in [3.8, 4) is 11.6 Å². The maximum atomic E-state index is 12.9. The highest BCUT2D eigenvalue weighted by molar-refractivity contribution is 5.84. The number of aromatic nitrogens is 3. The largest absolute Gasteiger partial charge is 0.351 e. The van der Waals surface area contributed by atoms with Gasteiger partial charge in [0.15, 0.2) is 5.82 Å². The monoisotopic (exact) mass is 388 g/mol. The number of rotatable bonds is 7. The summed E-state index contributed by atoms with van der Waals surface area (Å²) in [6.07, 6.45) is 1.30. The van der Waals surface area contributed by atoms with Crippen LogP contribution in [0.4, 0.5) is 0 Å². The number of nitrogens with zero attached hydrogens (tertiary/aromatic N) is 3. The molecule has 0 radical (unpaired) electrons. The lowest BCUT2D eigenvalue weighted by atomic mass is 9.95. The van der Waals surface area contributed by atoms with E-state index in [9.17, 15) is 4.79 Å². The molecule has 4 aromatic rings. The maximum absolute atomic E-state index is 12.9. The number of para-hydroxylation sites is 1. The Morgan fingerprint density at radius 3 is 2.66 bits per heavy atom. The van der Waals surface area contributed by atoms with Crippen LogP contribution in [0.5, 0.6) is 0 Å². The molecular weight excluding hydrogens is 364 g/mol. The molecule has 0 saturated carbocycles. The lowest BCUT2D eigenvalue weighted by Gasteiger charge is -2.23. The van der Waals surface area contributed by atoms with E-state index in [-0.39, 0.29) is 11.8 Å². The van der Waals surface area contributed by atoms with Crippen molar-refractivity contribution in [3.05, 3.63) is 72.1 Å².